The van der Waals surface area contributed by atoms with Crippen molar-refractivity contribution in [2.75, 3.05) is 6.61 Å². The third-order valence-corrected chi connectivity index (χ3v) is 4.92. The summed E-state index contributed by atoms with van der Waals surface area (Å²) in [5.41, 5.74) is 4.15. The molecule has 0 saturated heterocycles. The van der Waals surface area contributed by atoms with E-state index in [4.69, 9.17) is 4.74 Å². The predicted molar refractivity (Wildman–Crippen MR) is 98.3 cm³/mol. The summed E-state index contributed by atoms with van der Waals surface area (Å²) < 4.78 is 19.9. The maximum Gasteiger partial charge on any atom is 0.126 e. The van der Waals surface area contributed by atoms with Gasteiger partial charge < -0.3 is 14.9 Å². The van der Waals surface area contributed by atoms with Crippen LogP contribution in [0.15, 0.2) is 54.6 Å². The highest BCUT2D eigenvalue weighted by Crippen LogP contribution is 2.39. The van der Waals surface area contributed by atoms with Crippen LogP contribution in [0.1, 0.15) is 22.6 Å². The van der Waals surface area contributed by atoms with E-state index in [1.165, 1.54) is 6.07 Å². The molecule has 3 aromatic carbocycles. The van der Waals surface area contributed by atoms with Crippen LogP contribution < -0.4 is 4.74 Å². The fourth-order valence-corrected chi connectivity index (χ4v) is 3.47. The highest BCUT2D eigenvalue weighted by Gasteiger charge is 2.24. The summed E-state index contributed by atoms with van der Waals surface area (Å²) in [6, 6.07) is 15.5. The first kappa shape index (κ1) is 16.5. The molecule has 0 aliphatic carbocycles. The lowest BCUT2D eigenvalue weighted by Gasteiger charge is -2.27. The molecule has 3 nitrogen and oxygen atoms in total. The number of aryl methyl sites for hydroxylation is 1. The molecule has 3 aromatic rings. The maximum atomic E-state index is 14.1. The lowest BCUT2D eigenvalue weighted by Crippen LogP contribution is -2.19. The Hall–Kier alpha value is -3.01. The normalized spacial score (nSPS) is 16.0. The number of halogens is 1. The van der Waals surface area contributed by atoms with Crippen LogP contribution in [-0.4, -0.2) is 16.8 Å². The maximum absolute atomic E-state index is 14.1. The smallest absolute Gasteiger partial charge is 0.126 e. The number of benzene rings is 3. The molecule has 1 heterocycles. The second-order valence-electron chi connectivity index (χ2n) is 6.74. The van der Waals surface area contributed by atoms with Crippen LogP contribution in [0.5, 0.6) is 17.2 Å². The molecule has 0 amide bonds. The van der Waals surface area contributed by atoms with Crippen LogP contribution in [-0.2, 0) is 6.42 Å². The zero-order chi connectivity index (χ0) is 18.3. The van der Waals surface area contributed by atoms with Crippen LogP contribution in [0.2, 0.25) is 0 Å². The van der Waals surface area contributed by atoms with Crippen LogP contribution in [0.4, 0.5) is 4.39 Å². The van der Waals surface area contributed by atoms with Crippen molar-refractivity contribution >= 4 is 0 Å². The molecule has 1 aliphatic heterocycles. The summed E-state index contributed by atoms with van der Waals surface area (Å²) in [7, 11) is 0. The summed E-state index contributed by atoms with van der Waals surface area (Å²) >= 11 is 0. The van der Waals surface area contributed by atoms with E-state index in [-0.39, 0.29) is 23.2 Å². The van der Waals surface area contributed by atoms with Gasteiger partial charge in [-0.1, -0.05) is 24.3 Å². The van der Waals surface area contributed by atoms with E-state index in [0.29, 0.717) is 17.9 Å². The zero-order valence-corrected chi connectivity index (χ0v) is 14.4. The second-order valence-corrected chi connectivity index (χ2v) is 6.74. The molecule has 26 heavy (non-hydrogen) atoms. The van der Waals surface area contributed by atoms with Gasteiger partial charge in [-0.05, 0) is 65.4 Å². The van der Waals surface area contributed by atoms with Crippen LogP contribution in [0, 0.1) is 12.7 Å². The molecule has 4 rings (SSSR count). The summed E-state index contributed by atoms with van der Waals surface area (Å²) in [4.78, 5) is 0. The molecule has 4 heteroatoms. The van der Waals surface area contributed by atoms with Gasteiger partial charge in [-0.25, -0.2) is 4.39 Å². The summed E-state index contributed by atoms with van der Waals surface area (Å²) in [6.07, 6.45) is 0.752. The van der Waals surface area contributed by atoms with Crippen molar-refractivity contribution in [1.82, 2.24) is 0 Å². The summed E-state index contributed by atoms with van der Waals surface area (Å²) in [6.45, 7) is 2.19. The van der Waals surface area contributed by atoms with E-state index in [9.17, 15) is 14.6 Å². The Morgan fingerprint density at radius 1 is 0.962 bits per heavy atom. The Kier molecular flexibility index (Phi) is 4.03. The van der Waals surface area contributed by atoms with Crippen molar-refractivity contribution in [2.45, 2.75) is 19.3 Å². The topological polar surface area (TPSA) is 49.7 Å². The quantitative estimate of drug-likeness (QED) is 0.689. The second kappa shape index (κ2) is 6.37. The van der Waals surface area contributed by atoms with Crippen molar-refractivity contribution in [3.63, 3.8) is 0 Å². The van der Waals surface area contributed by atoms with Crippen LogP contribution in [0.25, 0.3) is 11.1 Å². The Morgan fingerprint density at radius 2 is 1.73 bits per heavy atom. The highest BCUT2D eigenvalue weighted by atomic mass is 19.1. The molecule has 1 atom stereocenters. The Labute approximate surface area is 151 Å². The van der Waals surface area contributed by atoms with Gasteiger partial charge in [0.05, 0.1) is 6.61 Å². The van der Waals surface area contributed by atoms with E-state index >= 15 is 0 Å². The van der Waals surface area contributed by atoms with Gasteiger partial charge in [0.25, 0.3) is 0 Å². The monoisotopic (exact) mass is 350 g/mol. The van der Waals surface area contributed by atoms with Crippen LogP contribution in [0.3, 0.4) is 0 Å². The van der Waals surface area contributed by atoms with E-state index in [1.54, 1.807) is 37.3 Å². The molecule has 0 spiro atoms. The highest BCUT2D eigenvalue weighted by molar-refractivity contribution is 5.70. The molecule has 0 bridgehead atoms. The number of phenols is 2. The zero-order valence-electron chi connectivity index (χ0n) is 14.4. The number of hydrogen-bond acceptors (Lipinski definition) is 3. The van der Waals surface area contributed by atoms with Gasteiger partial charge in [0.2, 0.25) is 0 Å². The average molecular weight is 350 g/mol. The van der Waals surface area contributed by atoms with Gasteiger partial charge >= 0.3 is 0 Å². The van der Waals surface area contributed by atoms with Gasteiger partial charge in [-0.15, -0.1) is 0 Å². The summed E-state index contributed by atoms with van der Waals surface area (Å²) in [5.74, 6) is 0.835. The fraction of sp³-hybridized carbons (Fsp3) is 0.182. The minimum Gasteiger partial charge on any atom is -0.508 e. The third kappa shape index (κ3) is 2.99. The first-order chi connectivity index (χ1) is 12.5. The number of phenolic OH excluding ortho intramolecular Hbond substituents is 2. The Balaban J connectivity index is 1.75. The van der Waals surface area contributed by atoms with E-state index in [2.05, 4.69) is 0 Å². The fourth-order valence-electron chi connectivity index (χ4n) is 3.47. The van der Waals surface area contributed by atoms with Crippen molar-refractivity contribution in [3.8, 4) is 28.4 Å². The van der Waals surface area contributed by atoms with Gasteiger partial charge in [-0.2, -0.15) is 0 Å². The van der Waals surface area contributed by atoms with Gasteiger partial charge in [0.15, 0.2) is 0 Å². The number of aromatic hydroxyl groups is 2. The van der Waals surface area contributed by atoms with Crippen LogP contribution >= 0.6 is 0 Å². The molecule has 0 unspecified atom stereocenters. The number of hydrogen-bond donors (Lipinski definition) is 2. The molecule has 132 valence electrons. The minimum atomic E-state index is -0.266. The van der Waals surface area contributed by atoms with Gasteiger partial charge in [0, 0.05) is 12.0 Å². The van der Waals surface area contributed by atoms with Crippen molar-refractivity contribution < 1.29 is 19.3 Å². The molecule has 2 N–H and O–H groups in total. The third-order valence-electron chi connectivity index (χ3n) is 4.92. The van der Waals surface area contributed by atoms with E-state index in [1.807, 2.05) is 18.2 Å². The Bertz CT molecular complexity index is 981. The lowest BCUT2D eigenvalue weighted by atomic mass is 9.85. The van der Waals surface area contributed by atoms with E-state index < -0.39 is 0 Å². The molecule has 0 radical (unpaired) electrons. The minimum absolute atomic E-state index is 0.0759. The largest absolute Gasteiger partial charge is 0.508 e. The van der Waals surface area contributed by atoms with Crippen molar-refractivity contribution in [2.24, 2.45) is 0 Å². The standard InChI is InChI=1S/C22H19FO3/c1-13-2-3-14(9-21(13)23)20-10-17(24)6-7-19(20)16-8-15-4-5-18(25)11-22(15)26-12-16/h2-7,9-11,16,24-25H,8,12H2,1H3/t16-/m1/s1. The van der Waals surface area contributed by atoms with E-state index in [0.717, 1.165) is 28.7 Å². The molecular formula is C22H19FO3. The molecule has 0 saturated carbocycles. The summed E-state index contributed by atoms with van der Waals surface area (Å²) in [5, 5.41) is 19.6. The van der Waals surface area contributed by atoms with Crippen molar-refractivity contribution in [3.05, 3.63) is 77.1 Å². The van der Waals surface area contributed by atoms with Crippen molar-refractivity contribution in [1.29, 1.82) is 0 Å². The van der Waals surface area contributed by atoms with Gasteiger partial charge in [0.1, 0.15) is 23.1 Å². The SMILES string of the molecule is Cc1ccc(-c2cc(O)ccc2[C@H]2COc3cc(O)ccc3C2)cc1F. The molecule has 0 aromatic heterocycles. The first-order valence-corrected chi connectivity index (χ1v) is 8.55. The molecular weight excluding hydrogens is 331 g/mol. The predicted octanol–water partition coefficient (Wildman–Crippen LogP) is 4.93. The number of ether oxygens (including phenoxy) is 1. The Morgan fingerprint density at radius 3 is 2.54 bits per heavy atom. The lowest BCUT2D eigenvalue weighted by molar-refractivity contribution is 0.261. The molecule has 0 fully saturated rings. The number of rotatable bonds is 2. The number of fused-ring (bicyclic) bond motifs is 1. The average Bonchev–Trinajstić information content (AvgIpc) is 2.63. The first-order valence-electron chi connectivity index (χ1n) is 8.55. The molecule has 1 aliphatic rings. The van der Waals surface area contributed by atoms with Gasteiger partial charge in [-0.3, -0.25) is 0 Å².